The van der Waals surface area contributed by atoms with E-state index in [-0.39, 0.29) is 0 Å². The summed E-state index contributed by atoms with van der Waals surface area (Å²) in [5, 5.41) is 13.7. The summed E-state index contributed by atoms with van der Waals surface area (Å²) in [4.78, 5) is 11.3. The average Bonchev–Trinajstić information content (AvgIpc) is 2.55. The maximum absolute atomic E-state index is 11.3. The summed E-state index contributed by atoms with van der Waals surface area (Å²) < 4.78 is 2.73. The Morgan fingerprint density at radius 3 is 2.47 bits per heavy atom. The summed E-state index contributed by atoms with van der Waals surface area (Å²) in [7, 11) is 1.86. The number of halogens is 1. The lowest BCUT2D eigenvalue weighted by atomic mass is 9.83. The van der Waals surface area contributed by atoms with Crippen molar-refractivity contribution in [2.75, 3.05) is 0 Å². The molecule has 0 aromatic carbocycles. The highest BCUT2D eigenvalue weighted by molar-refractivity contribution is 9.10. The van der Waals surface area contributed by atoms with Crippen molar-refractivity contribution in [2.24, 2.45) is 12.5 Å². The van der Waals surface area contributed by atoms with Crippen molar-refractivity contribution in [2.45, 2.75) is 40.0 Å². The molecule has 0 aliphatic rings. The standard InChI is InChI=1S/C12H19BrN2O2/c1-5-8-10(13)9(15(4)14-8)7-12(3,6-2)11(16)17/h5-7H2,1-4H3,(H,16,17). The van der Waals surface area contributed by atoms with Crippen LogP contribution in [0.4, 0.5) is 0 Å². The van der Waals surface area contributed by atoms with Gasteiger partial charge in [0.25, 0.3) is 0 Å². The number of rotatable bonds is 5. The lowest BCUT2D eigenvalue weighted by Crippen LogP contribution is -2.30. The van der Waals surface area contributed by atoms with Crippen LogP contribution in [0.1, 0.15) is 38.6 Å². The van der Waals surface area contributed by atoms with Gasteiger partial charge in [-0.2, -0.15) is 5.10 Å². The van der Waals surface area contributed by atoms with Crippen LogP contribution in [0.15, 0.2) is 4.47 Å². The first-order valence-corrected chi connectivity index (χ1v) is 6.58. The van der Waals surface area contributed by atoms with Crippen molar-refractivity contribution in [3.8, 4) is 0 Å². The van der Waals surface area contributed by atoms with Crippen molar-refractivity contribution in [3.63, 3.8) is 0 Å². The van der Waals surface area contributed by atoms with E-state index in [0.717, 1.165) is 22.3 Å². The molecule has 1 unspecified atom stereocenters. The third-order valence-corrected chi connectivity index (χ3v) is 4.27. The van der Waals surface area contributed by atoms with E-state index < -0.39 is 11.4 Å². The van der Waals surface area contributed by atoms with Gasteiger partial charge in [-0.3, -0.25) is 9.48 Å². The van der Waals surface area contributed by atoms with Gasteiger partial charge >= 0.3 is 5.97 Å². The van der Waals surface area contributed by atoms with Crippen LogP contribution in [0, 0.1) is 5.41 Å². The Hall–Kier alpha value is -0.840. The van der Waals surface area contributed by atoms with Gasteiger partial charge in [0.05, 0.1) is 21.3 Å². The fourth-order valence-corrected chi connectivity index (χ4v) is 2.49. The fourth-order valence-electron chi connectivity index (χ4n) is 1.73. The first-order chi connectivity index (χ1) is 7.85. The molecule has 0 amide bonds. The lowest BCUT2D eigenvalue weighted by molar-refractivity contribution is -0.148. The predicted octanol–water partition coefficient (Wildman–Crippen LogP) is 2.79. The Bertz CT molecular complexity index is 428. The number of aliphatic carboxylic acids is 1. The second-order valence-electron chi connectivity index (χ2n) is 4.58. The molecule has 0 saturated carbocycles. The molecule has 5 heteroatoms. The molecule has 1 aromatic heterocycles. The minimum atomic E-state index is -0.758. The molecule has 4 nitrogen and oxygen atoms in total. The number of aromatic nitrogens is 2. The first kappa shape index (κ1) is 14.2. The molecule has 1 atom stereocenters. The van der Waals surface area contributed by atoms with E-state index >= 15 is 0 Å². The SMILES string of the molecule is CCc1nn(C)c(CC(C)(CC)C(=O)O)c1Br. The van der Waals surface area contributed by atoms with Gasteiger partial charge in [-0.05, 0) is 35.7 Å². The van der Waals surface area contributed by atoms with Crippen LogP contribution in [0.2, 0.25) is 0 Å². The van der Waals surface area contributed by atoms with E-state index in [2.05, 4.69) is 21.0 Å². The van der Waals surface area contributed by atoms with Crippen LogP contribution < -0.4 is 0 Å². The maximum Gasteiger partial charge on any atom is 0.309 e. The van der Waals surface area contributed by atoms with Crippen LogP contribution in [-0.4, -0.2) is 20.9 Å². The fraction of sp³-hybridized carbons (Fsp3) is 0.667. The third kappa shape index (κ3) is 2.70. The second-order valence-corrected chi connectivity index (χ2v) is 5.37. The minimum Gasteiger partial charge on any atom is -0.481 e. The summed E-state index contributed by atoms with van der Waals surface area (Å²) in [5.74, 6) is -0.758. The second kappa shape index (κ2) is 5.21. The Kier molecular flexibility index (Phi) is 4.36. The maximum atomic E-state index is 11.3. The first-order valence-electron chi connectivity index (χ1n) is 5.79. The van der Waals surface area contributed by atoms with Crippen molar-refractivity contribution in [3.05, 3.63) is 15.9 Å². The Morgan fingerprint density at radius 1 is 1.53 bits per heavy atom. The van der Waals surface area contributed by atoms with Gasteiger partial charge in [0, 0.05) is 13.5 Å². The molecular formula is C12H19BrN2O2. The number of hydrogen-bond acceptors (Lipinski definition) is 2. The average molecular weight is 303 g/mol. The molecule has 0 saturated heterocycles. The number of nitrogens with zero attached hydrogens (tertiary/aromatic N) is 2. The Morgan fingerprint density at radius 2 is 2.12 bits per heavy atom. The van der Waals surface area contributed by atoms with Crippen molar-refractivity contribution >= 4 is 21.9 Å². The largest absolute Gasteiger partial charge is 0.481 e. The zero-order valence-corrected chi connectivity index (χ0v) is 12.3. The number of carboxylic acid groups (broad SMARTS) is 1. The van der Waals surface area contributed by atoms with E-state index in [1.54, 1.807) is 11.6 Å². The minimum absolute atomic E-state index is 0.489. The molecule has 0 aliphatic carbocycles. The molecule has 1 rings (SSSR count). The van der Waals surface area contributed by atoms with Crippen molar-refractivity contribution < 1.29 is 9.90 Å². The predicted molar refractivity (Wildman–Crippen MR) is 70.0 cm³/mol. The van der Waals surface area contributed by atoms with E-state index in [0.29, 0.717) is 12.8 Å². The van der Waals surface area contributed by atoms with Gasteiger partial charge in [0.15, 0.2) is 0 Å². The molecule has 17 heavy (non-hydrogen) atoms. The number of carboxylic acids is 1. The van der Waals surface area contributed by atoms with Crippen LogP contribution in [0.3, 0.4) is 0 Å². The number of carbonyl (C=O) groups is 1. The van der Waals surface area contributed by atoms with E-state index in [1.165, 1.54) is 0 Å². The van der Waals surface area contributed by atoms with E-state index in [9.17, 15) is 9.90 Å². The highest BCUT2D eigenvalue weighted by Gasteiger charge is 2.33. The molecular weight excluding hydrogens is 284 g/mol. The molecule has 0 radical (unpaired) electrons. The summed E-state index contributed by atoms with van der Waals surface area (Å²) >= 11 is 3.52. The van der Waals surface area contributed by atoms with Crippen molar-refractivity contribution in [1.82, 2.24) is 9.78 Å². The smallest absolute Gasteiger partial charge is 0.309 e. The molecule has 0 fully saturated rings. The molecule has 1 aromatic rings. The Balaban J connectivity index is 3.10. The molecule has 0 aliphatic heterocycles. The molecule has 1 N–H and O–H groups in total. The molecule has 0 bridgehead atoms. The van der Waals surface area contributed by atoms with Gasteiger partial charge in [-0.1, -0.05) is 13.8 Å². The van der Waals surface area contributed by atoms with Crippen molar-refractivity contribution in [1.29, 1.82) is 0 Å². The summed E-state index contributed by atoms with van der Waals surface area (Å²) in [6, 6.07) is 0. The molecule has 96 valence electrons. The van der Waals surface area contributed by atoms with Crippen LogP contribution in [0.25, 0.3) is 0 Å². The van der Waals surface area contributed by atoms with Crippen LogP contribution in [-0.2, 0) is 24.7 Å². The van der Waals surface area contributed by atoms with E-state index in [1.807, 2.05) is 20.9 Å². The number of aryl methyl sites for hydroxylation is 2. The normalized spacial score (nSPS) is 14.6. The van der Waals surface area contributed by atoms with Gasteiger partial charge < -0.3 is 5.11 Å². The highest BCUT2D eigenvalue weighted by atomic mass is 79.9. The summed E-state index contributed by atoms with van der Waals surface area (Å²) in [5.41, 5.74) is 1.20. The molecule has 0 spiro atoms. The third-order valence-electron chi connectivity index (χ3n) is 3.36. The zero-order valence-electron chi connectivity index (χ0n) is 10.7. The zero-order chi connectivity index (χ0) is 13.2. The van der Waals surface area contributed by atoms with Gasteiger partial charge in [0.1, 0.15) is 0 Å². The lowest BCUT2D eigenvalue weighted by Gasteiger charge is -2.23. The Labute approximate surface area is 110 Å². The van der Waals surface area contributed by atoms with Gasteiger partial charge in [-0.25, -0.2) is 0 Å². The van der Waals surface area contributed by atoms with Gasteiger partial charge in [-0.15, -0.1) is 0 Å². The summed E-state index contributed by atoms with van der Waals surface area (Å²) in [6.45, 7) is 5.71. The topological polar surface area (TPSA) is 55.1 Å². The van der Waals surface area contributed by atoms with E-state index in [4.69, 9.17) is 0 Å². The van der Waals surface area contributed by atoms with Gasteiger partial charge in [0.2, 0.25) is 0 Å². The van der Waals surface area contributed by atoms with Crippen LogP contribution in [0.5, 0.6) is 0 Å². The number of hydrogen-bond donors (Lipinski definition) is 1. The highest BCUT2D eigenvalue weighted by Crippen LogP contribution is 2.31. The molecule has 1 heterocycles. The summed E-state index contributed by atoms with van der Waals surface area (Å²) in [6.07, 6.45) is 1.93. The quantitative estimate of drug-likeness (QED) is 0.910. The van der Waals surface area contributed by atoms with Crippen LogP contribution >= 0.6 is 15.9 Å². The monoisotopic (exact) mass is 302 g/mol.